The lowest BCUT2D eigenvalue weighted by molar-refractivity contribution is -0.385. The topological polar surface area (TPSA) is 86.5 Å². The minimum Gasteiger partial charge on any atom is -0.462 e. The molecule has 6 heteroatoms. The molecular weight excluding hydrogens is 214 g/mol. The summed E-state index contributed by atoms with van der Waals surface area (Å²) in [4.78, 5) is 31.8. The molecule has 0 amide bonds. The minimum absolute atomic E-state index is 0.125. The molecule has 0 aliphatic carbocycles. The summed E-state index contributed by atoms with van der Waals surface area (Å²) in [5.41, 5.74) is -0.988. The molecule has 0 N–H and O–H groups in total. The summed E-state index contributed by atoms with van der Waals surface area (Å²) < 4.78 is 4.66. The minimum atomic E-state index is -0.774. The van der Waals surface area contributed by atoms with E-state index in [0.29, 0.717) is 0 Å². The van der Waals surface area contributed by atoms with Crippen molar-refractivity contribution in [2.45, 2.75) is 6.92 Å². The number of rotatable bonds is 4. The zero-order valence-corrected chi connectivity index (χ0v) is 8.43. The van der Waals surface area contributed by atoms with Gasteiger partial charge in [-0.3, -0.25) is 14.9 Å². The summed E-state index contributed by atoms with van der Waals surface area (Å²) in [5, 5.41) is 10.6. The van der Waals surface area contributed by atoms with Crippen molar-refractivity contribution < 1.29 is 19.2 Å². The second-order valence-electron chi connectivity index (χ2n) is 2.78. The first-order valence-electron chi connectivity index (χ1n) is 4.44. The Morgan fingerprint density at radius 3 is 2.75 bits per heavy atom. The second kappa shape index (κ2) is 5.01. The van der Waals surface area contributed by atoms with Crippen LogP contribution in [0.4, 0.5) is 5.69 Å². The number of ether oxygens (including phenoxy) is 1. The average molecular weight is 222 g/mol. The van der Waals surface area contributed by atoms with Crippen molar-refractivity contribution in [3.8, 4) is 0 Å². The lowest BCUT2D eigenvalue weighted by Gasteiger charge is -2.03. The number of nitro benzene ring substituents is 1. The van der Waals surface area contributed by atoms with Gasteiger partial charge < -0.3 is 4.74 Å². The van der Waals surface area contributed by atoms with E-state index >= 15 is 0 Å². The van der Waals surface area contributed by atoms with Crippen LogP contribution in [0, 0.1) is 10.1 Å². The molecule has 0 aromatic heterocycles. The molecule has 0 spiro atoms. The normalized spacial score (nSPS) is 9.56. The number of esters is 1. The molecule has 1 radical (unpaired) electrons. The predicted molar refractivity (Wildman–Crippen MR) is 53.8 cm³/mol. The Balaban J connectivity index is 3.29. The van der Waals surface area contributed by atoms with Crippen molar-refractivity contribution in [3.05, 3.63) is 39.4 Å². The first kappa shape index (κ1) is 11.8. The molecule has 0 unspecified atom stereocenters. The number of hydrogen-bond acceptors (Lipinski definition) is 5. The Morgan fingerprint density at radius 1 is 1.56 bits per heavy atom. The van der Waals surface area contributed by atoms with Gasteiger partial charge in [0.15, 0.2) is 0 Å². The van der Waals surface area contributed by atoms with Gasteiger partial charge in [0.05, 0.1) is 17.1 Å². The molecule has 83 valence electrons. The molecular formula is C10H8NO5. The molecule has 1 aromatic rings. The van der Waals surface area contributed by atoms with Crippen LogP contribution in [0.1, 0.15) is 22.8 Å². The molecule has 16 heavy (non-hydrogen) atoms. The molecule has 0 saturated carbocycles. The van der Waals surface area contributed by atoms with Gasteiger partial charge in [-0.1, -0.05) is 6.07 Å². The van der Waals surface area contributed by atoms with Crippen molar-refractivity contribution in [1.82, 2.24) is 0 Å². The fraction of sp³-hybridized carbons (Fsp3) is 0.200. The second-order valence-corrected chi connectivity index (χ2v) is 2.78. The Hall–Kier alpha value is -2.24. The van der Waals surface area contributed by atoms with Crippen LogP contribution in [0.3, 0.4) is 0 Å². The molecule has 1 aromatic carbocycles. The SMILES string of the molecule is CCOC(=O)c1cccc([N+](=O)[O-])c1[C]=O. The van der Waals surface area contributed by atoms with Crippen LogP contribution in [0.2, 0.25) is 0 Å². The zero-order valence-electron chi connectivity index (χ0n) is 8.43. The molecule has 1 rings (SSSR count). The van der Waals surface area contributed by atoms with E-state index in [1.165, 1.54) is 18.4 Å². The van der Waals surface area contributed by atoms with Crippen LogP contribution in [0.15, 0.2) is 18.2 Å². The molecule has 0 fully saturated rings. The van der Waals surface area contributed by atoms with Crippen molar-refractivity contribution >= 4 is 17.9 Å². The van der Waals surface area contributed by atoms with E-state index in [0.717, 1.165) is 6.07 Å². The van der Waals surface area contributed by atoms with E-state index in [1.807, 2.05) is 0 Å². The highest BCUT2D eigenvalue weighted by Crippen LogP contribution is 2.20. The van der Waals surface area contributed by atoms with Crippen molar-refractivity contribution in [2.24, 2.45) is 0 Å². The number of nitrogens with zero attached hydrogens (tertiary/aromatic N) is 1. The Labute approximate surface area is 91.0 Å². The molecule has 0 aliphatic rings. The summed E-state index contributed by atoms with van der Waals surface area (Å²) in [6.45, 7) is 1.72. The van der Waals surface area contributed by atoms with E-state index < -0.39 is 16.6 Å². The van der Waals surface area contributed by atoms with Gasteiger partial charge in [0.2, 0.25) is 6.29 Å². The number of hydrogen-bond donors (Lipinski definition) is 0. The third kappa shape index (κ3) is 2.22. The molecule has 0 heterocycles. The predicted octanol–water partition coefficient (Wildman–Crippen LogP) is 1.23. The molecule has 6 nitrogen and oxygen atoms in total. The van der Waals surface area contributed by atoms with Gasteiger partial charge in [-0.15, -0.1) is 0 Å². The third-order valence-corrected chi connectivity index (χ3v) is 1.84. The van der Waals surface area contributed by atoms with Gasteiger partial charge in [-0.25, -0.2) is 4.79 Å². The highest BCUT2D eigenvalue weighted by Gasteiger charge is 2.22. The fourth-order valence-electron chi connectivity index (χ4n) is 1.18. The standard InChI is InChI=1S/C10H8NO5/c1-2-16-10(13)7-4-3-5-9(11(14)15)8(7)6-12/h3-5H,2H2,1H3. The van der Waals surface area contributed by atoms with Crippen LogP contribution < -0.4 is 0 Å². The van der Waals surface area contributed by atoms with E-state index in [1.54, 1.807) is 6.92 Å². The first-order chi connectivity index (χ1) is 7.61. The quantitative estimate of drug-likeness (QED) is 0.434. The number of benzene rings is 1. The molecule has 0 saturated heterocycles. The van der Waals surface area contributed by atoms with Crippen LogP contribution in [0.25, 0.3) is 0 Å². The van der Waals surface area contributed by atoms with Gasteiger partial charge >= 0.3 is 5.97 Å². The van der Waals surface area contributed by atoms with Crippen LogP contribution >= 0.6 is 0 Å². The van der Waals surface area contributed by atoms with E-state index in [4.69, 9.17) is 0 Å². The van der Waals surface area contributed by atoms with Crippen molar-refractivity contribution in [3.63, 3.8) is 0 Å². The lowest BCUT2D eigenvalue weighted by Crippen LogP contribution is -2.09. The highest BCUT2D eigenvalue weighted by molar-refractivity contribution is 6.00. The molecule has 0 atom stereocenters. The Bertz CT molecular complexity index is 441. The largest absolute Gasteiger partial charge is 0.462 e. The number of carbonyl (C=O) groups excluding carboxylic acids is 2. The average Bonchev–Trinajstić information content (AvgIpc) is 2.28. The number of carbonyl (C=O) groups is 1. The summed E-state index contributed by atoms with van der Waals surface area (Å²) in [5.74, 6) is -0.774. The zero-order chi connectivity index (χ0) is 12.1. The van der Waals surface area contributed by atoms with Gasteiger partial charge in [0, 0.05) is 6.07 Å². The van der Waals surface area contributed by atoms with E-state index in [2.05, 4.69) is 4.74 Å². The van der Waals surface area contributed by atoms with E-state index in [-0.39, 0.29) is 17.7 Å². The smallest absolute Gasteiger partial charge is 0.339 e. The van der Waals surface area contributed by atoms with Gasteiger partial charge in [0.25, 0.3) is 5.69 Å². The lowest BCUT2D eigenvalue weighted by atomic mass is 10.1. The van der Waals surface area contributed by atoms with Crippen LogP contribution in [0.5, 0.6) is 0 Å². The van der Waals surface area contributed by atoms with Gasteiger partial charge in [-0.05, 0) is 13.0 Å². The molecule has 0 aliphatic heterocycles. The Kier molecular flexibility index (Phi) is 3.71. The maximum Gasteiger partial charge on any atom is 0.339 e. The summed E-state index contributed by atoms with van der Waals surface area (Å²) >= 11 is 0. The van der Waals surface area contributed by atoms with Crippen molar-refractivity contribution in [1.29, 1.82) is 0 Å². The molecule has 0 bridgehead atoms. The van der Waals surface area contributed by atoms with Crippen LogP contribution in [-0.4, -0.2) is 23.8 Å². The maximum absolute atomic E-state index is 11.4. The fourth-order valence-corrected chi connectivity index (χ4v) is 1.18. The summed E-state index contributed by atoms with van der Waals surface area (Å²) in [6, 6.07) is 3.72. The van der Waals surface area contributed by atoms with Crippen molar-refractivity contribution in [2.75, 3.05) is 6.61 Å². The maximum atomic E-state index is 11.4. The van der Waals surface area contributed by atoms with Gasteiger partial charge in [0.1, 0.15) is 5.56 Å². The van der Waals surface area contributed by atoms with E-state index in [9.17, 15) is 19.7 Å². The highest BCUT2D eigenvalue weighted by atomic mass is 16.6. The van der Waals surface area contributed by atoms with Crippen LogP contribution in [-0.2, 0) is 9.53 Å². The summed E-state index contributed by atoms with van der Waals surface area (Å²) in [6.07, 6.45) is 1.39. The summed E-state index contributed by atoms with van der Waals surface area (Å²) in [7, 11) is 0. The monoisotopic (exact) mass is 222 g/mol. The first-order valence-corrected chi connectivity index (χ1v) is 4.44. The number of nitro groups is 1. The Morgan fingerprint density at radius 2 is 2.25 bits per heavy atom. The van der Waals surface area contributed by atoms with Gasteiger partial charge in [-0.2, -0.15) is 0 Å². The third-order valence-electron chi connectivity index (χ3n) is 1.84.